The summed E-state index contributed by atoms with van der Waals surface area (Å²) >= 11 is 0. The van der Waals surface area contributed by atoms with E-state index in [4.69, 9.17) is 21.0 Å². The average Bonchev–Trinajstić information content (AvgIpc) is 3.39. The van der Waals surface area contributed by atoms with E-state index < -0.39 is 17.8 Å². The number of alkyl halides is 3. The zero-order chi connectivity index (χ0) is 29.1. The van der Waals surface area contributed by atoms with E-state index in [9.17, 15) is 18.0 Å². The average molecular weight is 571 g/mol. The molecule has 5 rings (SSSR count). The van der Waals surface area contributed by atoms with E-state index in [-0.39, 0.29) is 49.1 Å². The van der Waals surface area contributed by atoms with Gasteiger partial charge in [-0.25, -0.2) is 6.57 Å². The molecule has 0 radical (unpaired) electrons. The molecule has 9 nitrogen and oxygen atoms in total. The van der Waals surface area contributed by atoms with Crippen LogP contribution in [0.1, 0.15) is 41.3 Å². The second-order valence-electron chi connectivity index (χ2n) is 10.6. The highest BCUT2D eigenvalue weighted by Crippen LogP contribution is 2.40. The SMILES string of the molecule is [C-]#[N+]C[C@H]1CN(c2nc(OC[C@@H]3CCCN3C)nc3c2COC(c2ccccc2C(F)(F)F)C3)CCN1C(=O)C=C. The van der Waals surface area contributed by atoms with Crippen molar-refractivity contribution in [3.8, 4) is 6.01 Å². The monoisotopic (exact) mass is 570 g/mol. The van der Waals surface area contributed by atoms with Crippen molar-refractivity contribution in [2.75, 3.05) is 51.3 Å². The first-order valence-electron chi connectivity index (χ1n) is 13.7. The summed E-state index contributed by atoms with van der Waals surface area (Å²) in [5.74, 6) is 0.329. The number of amides is 1. The van der Waals surface area contributed by atoms with Gasteiger partial charge in [0.1, 0.15) is 18.5 Å². The fourth-order valence-electron chi connectivity index (χ4n) is 5.87. The van der Waals surface area contributed by atoms with Gasteiger partial charge in [-0.05, 0) is 44.1 Å². The number of fused-ring (bicyclic) bond motifs is 1. The molecule has 218 valence electrons. The molecule has 1 unspecified atom stereocenters. The smallest absolute Gasteiger partial charge is 0.416 e. The number of nitrogens with zero attached hydrogens (tertiary/aromatic N) is 6. The number of piperazine rings is 1. The van der Waals surface area contributed by atoms with Gasteiger partial charge in [0.05, 0.1) is 24.0 Å². The molecule has 0 saturated carbocycles. The molecule has 41 heavy (non-hydrogen) atoms. The summed E-state index contributed by atoms with van der Waals surface area (Å²) < 4.78 is 53.5. The zero-order valence-electron chi connectivity index (χ0n) is 22.9. The van der Waals surface area contributed by atoms with Crippen molar-refractivity contribution in [1.82, 2.24) is 19.8 Å². The number of hydrogen-bond acceptors (Lipinski definition) is 7. The predicted octanol–water partition coefficient (Wildman–Crippen LogP) is 3.90. The summed E-state index contributed by atoms with van der Waals surface area (Å²) in [6.45, 7) is 13.7. The Morgan fingerprint density at radius 3 is 2.76 bits per heavy atom. The Hall–Kier alpha value is -3.69. The normalized spacial score (nSPS) is 23.1. The zero-order valence-corrected chi connectivity index (χ0v) is 22.9. The van der Waals surface area contributed by atoms with Crippen molar-refractivity contribution in [3.05, 3.63) is 70.7 Å². The van der Waals surface area contributed by atoms with Crippen molar-refractivity contribution in [3.63, 3.8) is 0 Å². The van der Waals surface area contributed by atoms with Gasteiger partial charge in [0, 0.05) is 37.7 Å². The Morgan fingerprint density at radius 1 is 1.24 bits per heavy atom. The molecule has 2 saturated heterocycles. The Bertz CT molecular complexity index is 1330. The van der Waals surface area contributed by atoms with Gasteiger partial charge in [-0.15, -0.1) is 0 Å². The summed E-state index contributed by atoms with van der Waals surface area (Å²) in [4.78, 5) is 31.2. The molecule has 0 aliphatic carbocycles. The Morgan fingerprint density at radius 2 is 2.05 bits per heavy atom. The fraction of sp³-hybridized carbons (Fsp3) is 0.517. The van der Waals surface area contributed by atoms with E-state index in [1.165, 1.54) is 18.2 Å². The molecule has 12 heteroatoms. The number of hydrogen-bond donors (Lipinski definition) is 0. The van der Waals surface area contributed by atoms with E-state index in [1.807, 2.05) is 11.9 Å². The minimum Gasteiger partial charge on any atom is -0.462 e. The highest BCUT2D eigenvalue weighted by atomic mass is 19.4. The lowest BCUT2D eigenvalue weighted by Gasteiger charge is -2.40. The molecule has 0 bridgehead atoms. The van der Waals surface area contributed by atoms with E-state index >= 15 is 0 Å². The summed E-state index contributed by atoms with van der Waals surface area (Å²) in [7, 11) is 2.04. The lowest BCUT2D eigenvalue weighted by molar-refractivity contribution is -0.139. The third-order valence-electron chi connectivity index (χ3n) is 8.09. The Labute approximate surface area is 237 Å². The van der Waals surface area contributed by atoms with Crippen LogP contribution in [0.5, 0.6) is 6.01 Å². The van der Waals surface area contributed by atoms with Crippen LogP contribution in [-0.4, -0.2) is 84.1 Å². The molecule has 1 aromatic heterocycles. The Balaban J connectivity index is 1.47. The number of likely N-dealkylation sites (tertiary alicyclic amines) is 1. The number of benzene rings is 1. The molecule has 2 aromatic rings. The van der Waals surface area contributed by atoms with Crippen molar-refractivity contribution in [2.24, 2.45) is 0 Å². The largest absolute Gasteiger partial charge is 0.462 e. The van der Waals surface area contributed by atoms with Crippen molar-refractivity contribution >= 4 is 11.7 Å². The third-order valence-corrected chi connectivity index (χ3v) is 8.09. The molecule has 0 N–H and O–H groups in total. The van der Waals surface area contributed by atoms with Crippen LogP contribution in [0.3, 0.4) is 0 Å². The molecule has 2 fully saturated rings. The summed E-state index contributed by atoms with van der Waals surface area (Å²) in [6, 6.07) is 5.46. The lowest BCUT2D eigenvalue weighted by Crippen LogP contribution is -2.56. The van der Waals surface area contributed by atoms with Crippen LogP contribution >= 0.6 is 0 Å². The van der Waals surface area contributed by atoms with Crippen LogP contribution in [0.15, 0.2) is 36.9 Å². The molecule has 4 heterocycles. The van der Waals surface area contributed by atoms with Crippen LogP contribution in [0, 0.1) is 6.57 Å². The second kappa shape index (κ2) is 12.0. The van der Waals surface area contributed by atoms with E-state index in [1.54, 1.807) is 11.0 Å². The number of halogens is 3. The first-order chi connectivity index (χ1) is 19.7. The topological polar surface area (TPSA) is 75.4 Å². The van der Waals surface area contributed by atoms with Gasteiger partial charge < -0.3 is 29.0 Å². The van der Waals surface area contributed by atoms with Crippen LogP contribution in [0.2, 0.25) is 0 Å². The molecule has 1 aromatic carbocycles. The van der Waals surface area contributed by atoms with Crippen molar-refractivity contribution < 1.29 is 27.4 Å². The van der Waals surface area contributed by atoms with Gasteiger partial charge >= 0.3 is 12.2 Å². The predicted molar refractivity (Wildman–Crippen MR) is 145 cm³/mol. The van der Waals surface area contributed by atoms with E-state index in [2.05, 4.69) is 21.3 Å². The molecule has 3 aliphatic heterocycles. The molecule has 3 atom stereocenters. The van der Waals surface area contributed by atoms with Gasteiger partial charge in [0.15, 0.2) is 0 Å². The minimum absolute atomic E-state index is 0.0203. The molecule has 1 amide bonds. The van der Waals surface area contributed by atoms with Crippen LogP contribution in [0.4, 0.5) is 19.0 Å². The number of aromatic nitrogens is 2. The lowest BCUT2D eigenvalue weighted by atomic mass is 9.95. The molecule has 0 spiro atoms. The number of likely N-dealkylation sites (N-methyl/N-ethyl adjacent to an activating group) is 1. The fourth-order valence-corrected chi connectivity index (χ4v) is 5.87. The van der Waals surface area contributed by atoms with Crippen molar-refractivity contribution in [2.45, 2.75) is 50.2 Å². The minimum atomic E-state index is -4.51. The maximum absolute atomic E-state index is 13.8. The first kappa shape index (κ1) is 28.8. The van der Waals surface area contributed by atoms with Gasteiger partial charge in [0.2, 0.25) is 12.5 Å². The maximum Gasteiger partial charge on any atom is 0.416 e. The number of carbonyl (C=O) groups is 1. The second-order valence-corrected chi connectivity index (χ2v) is 10.6. The van der Waals surface area contributed by atoms with Gasteiger partial charge in [-0.2, -0.15) is 23.1 Å². The van der Waals surface area contributed by atoms with Gasteiger partial charge in [-0.1, -0.05) is 24.8 Å². The van der Waals surface area contributed by atoms with Gasteiger partial charge in [-0.3, -0.25) is 4.79 Å². The van der Waals surface area contributed by atoms with Gasteiger partial charge in [0.25, 0.3) is 0 Å². The number of rotatable bonds is 7. The molecule has 3 aliphatic rings. The number of ether oxygens (including phenoxy) is 2. The van der Waals surface area contributed by atoms with E-state index in [0.717, 1.165) is 25.5 Å². The van der Waals surface area contributed by atoms with Crippen molar-refractivity contribution in [1.29, 1.82) is 0 Å². The quantitative estimate of drug-likeness (QED) is 0.369. The number of carbonyl (C=O) groups excluding carboxylic acids is 1. The summed E-state index contributed by atoms with van der Waals surface area (Å²) in [5.41, 5.74) is 0.591. The summed E-state index contributed by atoms with van der Waals surface area (Å²) in [6.07, 6.45) is -1.91. The highest BCUT2D eigenvalue weighted by molar-refractivity contribution is 5.87. The van der Waals surface area contributed by atoms with Crippen LogP contribution < -0.4 is 9.64 Å². The van der Waals surface area contributed by atoms with E-state index in [0.29, 0.717) is 43.3 Å². The maximum atomic E-state index is 13.8. The highest BCUT2D eigenvalue weighted by Gasteiger charge is 2.39. The van der Waals surface area contributed by atoms with Crippen LogP contribution in [-0.2, 0) is 28.7 Å². The van der Waals surface area contributed by atoms with Crippen LogP contribution in [0.25, 0.3) is 4.85 Å². The third kappa shape index (κ3) is 6.16. The first-order valence-corrected chi connectivity index (χ1v) is 13.7. The molecular formula is C29H33F3N6O3. The Kier molecular flexibility index (Phi) is 8.47. The summed E-state index contributed by atoms with van der Waals surface area (Å²) in [5, 5.41) is 0. The molecular weight excluding hydrogens is 537 g/mol. The number of anilines is 1. The standard InChI is InChI=1S/C29H33F3N6O3/c1-4-26(39)38-13-12-37(16-20(38)15-33-2)27-22-18-40-25(21-9-5-6-10-23(21)29(30,31)32)14-24(22)34-28(35-27)41-17-19-8-7-11-36(19)3/h4-6,9-10,19-20,25H,1,7-8,11-18H2,3H3/t19-,20-,25?/m0/s1.